The van der Waals surface area contributed by atoms with Crippen molar-refractivity contribution in [2.24, 2.45) is 0 Å². The van der Waals surface area contributed by atoms with Gasteiger partial charge in [0.05, 0.1) is 17.6 Å². The van der Waals surface area contributed by atoms with Crippen molar-refractivity contribution < 1.29 is 14.4 Å². The average molecular weight is 347 g/mol. The number of aliphatic hydroxyl groups excluding tert-OH is 1. The molecule has 1 aromatic carbocycles. The first kappa shape index (κ1) is 17.0. The molecule has 1 heterocycles. The summed E-state index contributed by atoms with van der Waals surface area (Å²) in [6.45, 7) is 0.159. The number of benzene rings is 1. The highest BCUT2D eigenvalue weighted by atomic mass is 19.1. The molecule has 1 aromatic heterocycles. The summed E-state index contributed by atoms with van der Waals surface area (Å²) in [6, 6.07) is 5.77. The zero-order valence-electron chi connectivity index (χ0n) is 13.6. The van der Waals surface area contributed by atoms with Crippen LogP contribution in [0.25, 0.3) is 0 Å². The van der Waals surface area contributed by atoms with Crippen LogP contribution >= 0.6 is 0 Å². The molecule has 0 spiro atoms. The number of halogens is 1. The molecule has 8 nitrogen and oxygen atoms in total. The van der Waals surface area contributed by atoms with Gasteiger partial charge in [0.2, 0.25) is 11.8 Å². The molecule has 132 valence electrons. The quantitative estimate of drug-likeness (QED) is 0.585. The molecule has 1 atom stereocenters. The molecule has 2 aromatic rings. The van der Waals surface area contributed by atoms with Gasteiger partial charge in [-0.1, -0.05) is 12.1 Å². The number of hydrogen-bond acceptors (Lipinski definition) is 7. The van der Waals surface area contributed by atoms with E-state index in [4.69, 9.17) is 0 Å². The lowest BCUT2D eigenvalue weighted by Gasteiger charge is -2.21. The summed E-state index contributed by atoms with van der Waals surface area (Å²) < 4.78 is 13.0. The van der Waals surface area contributed by atoms with Crippen molar-refractivity contribution in [1.82, 2.24) is 9.97 Å². The maximum Gasteiger partial charge on any atom is 0.329 e. The molecule has 0 unspecified atom stereocenters. The predicted molar refractivity (Wildman–Crippen MR) is 90.0 cm³/mol. The molecular weight excluding hydrogens is 329 g/mol. The van der Waals surface area contributed by atoms with Crippen LogP contribution < -0.4 is 10.2 Å². The Balaban J connectivity index is 1.75. The number of nitrogens with one attached hydrogen (secondary N) is 1. The molecule has 0 aliphatic heterocycles. The Labute approximate surface area is 143 Å². The molecule has 0 amide bonds. The number of aliphatic hydroxyl groups is 1. The van der Waals surface area contributed by atoms with Crippen LogP contribution in [-0.4, -0.2) is 39.6 Å². The Kier molecular flexibility index (Phi) is 4.75. The fourth-order valence-electron chi connectivity index (χ4n) is 2.34. The van der Waals surface area contributed by atoms with Crippen LogP contribution in [0.4, 0.5) is 21.8 Å². The van der Waals surface area contributed by atoms with Gasteiger partial charge in [-0.15, -0.1) is 0 Å². The summed E-state index contributed by atoms with van der Waals surface area (Å²) in [6.07, 6.45) is 2.20. The predicted octanol–water partition coefficient (Wildman–Crippen LogP) is 2.27. The second-order valence-corrected chi connectivity index (χ2v) is 6.03. The zero-order valence-corrected chi connectivity index (χ0v) is 13.6. The van der Waals surface area contributed by atoms with E-state index >= 15 is 0 Å². The molecule has 0 saturated heterocycles. The maximum atomic E-state index is 13.0. The SMILES string of the molecule is CN(C[C@H](O)c1ccc(F)cc1)c1ncc([N+](=O)[O-])c(NC2CC2)n1. The highest BCUT2D eigenvalue weighted by molar-refractivity contribution is 5.58. The number of hydrogen-bond donors (Lipinski definition) is 2. The van der Waals surface area contributed by atoms with Crippen LogP contribution in [0.3, 0.4) is 0 Å². The van der Waals surface area contributed by atoms with Crippen molar-refractivity contribution in [3.05, 3.63) is 52.0 Å². The van der Waals surface area contributed by atoms with E-state index in [0.717, 1.165) is 19.0 Å². The van der Waals surface area contributed by atoms with Crippen LogP contribution in [-0.2, 0) is 0 Å². The van der Waals surface area contributed by atoms with Crippen molar-refractivity contribution in [3.8, 4) is 0 Å². The third-order valence-electron chi connectivity index (χ3n) is 3.91. The fraction of sp³-hybridized carbons (Fsp3) is 0.375. The van der Waals surface area contributed by atoms with Gasteiger partial charge in [0.15, 0.2) is 0 Å². The van der Waals surface area contributed by atoms with Gasteiger partial charge in [0.1, 0.15) is 12.0 Å². The van der Waals surface area contributed by atoms with Gasteiger partial charge in [0.25, 0.3) is 0 Å². The first-order valence-corrected chi connectivity index (χ1v) is 7.86. The van der Waals surface area contributed by atoms with Crippen molar-refractivity contribution in [1.29, 1.82) is 0 Å². The molecule has 3 rings (SSSR count). The molecular formula is C16H18FN5O3. The number of rotatable bonds is 7. The normalized spacial score (nSPS) is 14.8. The van der Waals surface area contributed by atoms with Gasteiger partial charge in [-0.2, -0.15) is 4.98 Å². The van der Waals surface area contributed by atoms with Gasteiger partial charge < -0.3 is 15.3 Å². The van der Waals surface area contributed by atoms with E-state index in [1.807, 2.05) is 0 Å². The van der Waals surface area contributed by atoms with E-state index in [1.165, 1.54) is 24.3 Å². The van der Waals surface area contributed by atoms with E-state index in [0.29, 0.717) is 5.56 Å². The monoisotopic (exact) mass is 347 g/mol. The summed E-state index contributed by atoms with van der Waals surface area (Å²) in [5.41, 5.74) is 0.384. The topological polar surface area (TPSA) is 104 Å². The molecule has 0 bridgehead atoms. The number of anilines is 2. The number of likely N-dealkylation sites (N-methyl/N-ethyl adjacent to an activating group) is 1. The second-order valence-electron chi connectivity index (χ2n) is 6.03. The van der Waals surface area contributed by atoms with Crippen molar-refractivity contribution in [2.45, 2.75) is 25.0 Å². The van der Waals surface area contributed by atoms with Gasteiger partial charge in [0, 0.05) is 13.1 Å². The Bertz CT molecular complexity index is 767. The molecule has 1 fully saturated rings. The molecule has 25 heavy (non-hydrogen) atoms. The lowest BCUT2D eigenvalue weighted by molar-refractivity contribution is -0.384. The minimum Gasteiger partial charge on any atom is -0.387 e. The van der Waals surface area contributed by atoms with E-state index in [-0.39, 0.29) is 35.9 Å². The van der Waals surface area contributed by atoms with Crippen molar-refractivity contribution in [3.63, 3.8) is 0 Å². The van der Waals surface area contributed by atoms with Crippen LogP contribution in [0.15, 0.2) is 30.5 Å². The minimum atomic E-state index is -0.871. The Morgan fingerprint density at radius 3 is 2.72 bits per heavy atom. The summed E-state index contributed by atoms with van der Waals surface area (Å²) in [5, 5.41) is 24.4. The van der Waals surface area contributed by atoms with Gasteiger partial charge >= 0.3 is 5.69 Å². The fourth-order valence-corrected chi connectivity index (χ4v) is 2.34. The van der Waals surface area contributed by atoms with Gasteiger partial charge in [-0.25, -0.2) is 9.37 Å². The summed E-state index contributed by atoms with van der Waals surface area (Å²) in [4.78, 5) is 20.4. The molecule has 1 aliphatic rings. The standard InChI is InChI=1S/C16H18FN5O3/c1-21(9-14(23)10-2-4-11(17)5-3-10)16-18-8-13(22(24)25)15(20-16)19-12-6-7-12/h2-5,8,12,14,23H,6-7,9H2,1H3,(H,18,19,20)/t14-/m0/s1. The van der Waals surface area contributed by atoms with E-state index in [1.54, 1.807) is 11.9 Å². The first-order valence-electron chi connectivity index (χ1n) is 7.86. The minimum absolute atomic E-state index is 0.159. The van der Waals surface area contributed by atoms with E-state index in [9.17, 15) is 19.6 Å². The van der Waals surface area contributed by atoms with Crippen LogP contribution in [0.5, 0.6) is 0 Å². The van der Waals surface area contributed by atoms with Gasteiger partial charge in [-0.3, -0.25) is 10.1 Å². The lowest BCUT2D eigenvalue weighted by atomic mass is 10.1. The third-order valence-corrected chi connectivity index (χ3v) is 3.91. The zero-order chi connectivity index (χ0) is 18.0. The molecule has 2 N–H and O–H groups in total. The average Bonchev–Trinajstić information content (AvgIpc) is 3.39. The highest BCUT2D eigenvalue weighted by Crippen LogP contribution is 2.30. The first-order chi connectivity index (χ1) is 11.9. The Morgan fingerprint density at radius 2 is 2.12 bits per heavy atom. The number of aromatic nitrogens is 2. The number of nitro groups is 1. The van der Waals surface area contributed by atoms with Gasteiger partial charge in [-0.05, 0) is 30.5 Å². The summed E-state index contributed by atoms with van der Waals surface area (Å²) >= 11 is 0. The second kappa shape index (κ2) is 6.98. The Morgan fingerprint density at radius 1 is 1.44 bits per heavy atom. The van der Waals surface area contributed by atoms with Crippen molar-refractivity contribution >= 4 is 17.5 Å². The maximum absolute atomic E-state index is 13.0. The van der Waals surface area contributed by atoms with Crippen LogP contribution in [0.2, 0.25) is 0 Å². The summed E-state index contributed by atoms with van der Waals surface area (Å²) in [5.74, 6) is 0.0642. The Hall–Kier alpha value is -2.81. The molecule has 9 heteroatoms. The lowest BCUT2D eigenvalue weighted by Crippen LogP contribution is -2.26. The smallest absolute Gasteiger partial charge is 0.329 e. The van der Waals surface area contributed by atoms with Crippen molar-refractivity contribution in [2.75, 3.05) is 23.8 Å². The summed E-state index contributed by atoms with van der Waals surface area (Å²) in [7, 11) is 1.68. The highest BCUT2D eigenvalue weighted by Gasteiger charge is 2.27. The molecule has 1 aliphatic carbocycles. The molecule has 1 saturated carbocycles. The van der Waals surface area contributed by atoms with E-state index < -0.39 is 11.0 Å². The van der Waals surface area contributed by atoms with E-state index in [2.05, 4.69) is 15.3 Å². The number of nitrogens with zero attached hydrogens (tertiary/aromatic N) is 4. The van der Waals surface area contributed by atoms with Crippen LogP contribution in [0.1, 0.15) is 24.5 Å². The largest absolute Gasteiger partial charge is 0.387 e. The molecule has 0 radical (unpaired) electrons. The third kappa shape index (κ3) is 4.18. The van der Waals surface area contributed by atoms with Crippen LogP contribution in [0, 0.1) is 15.9 Å².